The largest absolute Gasteiger partial charge is 0.394 e. The average molecular weight is 1180 g/mol. The molecule has 0 amide bonds. The molecule has 26 nitrogen and oxygen atoms in total. The lowest BCUT2D eigenvalue weighted by molar-refractivity contribution is -0.409. The molecule has 0 bridgehead atoms. The van der Waals surface area contributed by atoms with Gasteiger partial charge in [-0.15, -0.1) is 0 Å². The zero-order valence-electron chi connectivity index (χ0n) is 47.2. The van der Waals surface area contributed by atoms with Crippen molar-refractivity contribution in [3.8, 4) is 0 Å². The van der Waals surface area contributed by atoms with Crippen LogP contribution < -0.4 is 0 Å². The lowest BCUT2D eigenvalue weighted by atomic mass is 9.41. The maximum absolute atomic E-state index is 12.3. The van der Waals surface area contributed by atoms with Gasteiger partial charge < -0.3 is 128 Å². The van der Waals surface area contributed by atoms with Gasteiger partial charge in [0.05, 0.1) is 51.8 Å². The van der Waals surface area contributed by atoms with Gasteiger partial charge in [-0.1, -0.05) is 27.7 Å². The first kappa shape index (κ1) is 62.6. The minimum absolute atomic E-state index is 0.0375. The minimum atomic E-state index is -2.09. The highest BCUT2D eigenvalue weighted by molar-refractivity contribution is 5.13. The second-order valence-electron chi connectivity index (χ2n) is 26.6. The third-order valence-corrected chi connectivity index (χ3v) is 22.0. The van der Waals surface area contributed by atoms with Crippen molar-refractivity contribution in [1.29, 1.82) is 0 Å². The molecule has 4 saturated carbocycles. The predicted octanol–water partition coefficient (Wildman–Crippen LogP) is -3.42. The normalized spacial score (nSPS) is 57.1. The van der Waals surface area contributed by atoms with E-state index in [2.05, 4.69) is 27.7 Å². The van der Waals surface area contributed by atoms with Crippen molar-refractivity contribution in [2.24, 2.45) is 52.3 Å². The quantitative estimate of drug-likeness (QED) is 0.0799. The van der Waals surface area contributed by atoms with Gasteiger partial charge in [-0.2, -0.15) is 0 Å². The van der Waals surface area contributed by atoms with Crippen molar-refractivity contribution in [2.45, 2.75) is 258 Å². The van der Waals surface area contributed by atoms with E-state index >= 15 is 0 Å². The van der Waals surface area contributed by atoms with Crippen molar-refractivity contribution in [1.82, 2.24) is 0 Å². The second kappa shape index (κ2) is 24.7. The van der Waals surface area contributed by atoms with E-state index in [1.165, 1.54) is 0 Å². The molecule has 14 N–H and O–H groups in total. The Morgan fingerprint density at radius 1 is 0.451 bits per heavy atom. The molecule has 472 valence electrons. The molecule has 0 aromatic heterocycles. The first-order chi connectivity index (χ1) is 39.1. The van der Waals surface area contributed by atoms with Gasteiger partial charge in [0.25, 0.3) is 0 Å². The Balaban J connectivity index is 0.806. The van der Waals surface area contributed by atoms with E-state index in [9.17, 15) is 71.5 Å². The molecule has 11 aliphatic rings. The monoisotopic (exact) mass is 1180 g/mol. The van der Waals surface area contributed by atoms with E-state index in [-0.39, 0.29) is 16.9 Å². The van der Waals surface area contributed by atoms with Crippen LogP contribution in [0.2, 0.25) is 0 Å². The molecule has 26 heteroatoms. The summed E-state index contributed by atoms with van der Waals surface area (Å²) in [5.74, 6) is 2.79. The van der Waals surface area contributed by atoms with Gasteiger partial charge in [-0.25, -0.2) is 0 Å². The minimum Gasteiger partial charge on any atom is -0.394 e. The van der Waals surface area contributed by atoms with Crippen LogP contribution in [0.4, 0.5) is 0 Å². The summed E-state index contributed by atoms with van der Waals surface area (Å²) in [5, 5.41) is 153. The Labute approximate surface area is 476 Å². The number of hydrogen-bond acceptors (Lipinski definition) is 26. The lowest BCUT2D eigenvalue weighted by Crippen LogP contribution is -2.68. The fourth-order valence-corrected chi connectivity index (χ4v) is 17.3. The Hall–Kier alpha value is -1.04. The molecular formula is C56H92O26. The molecule has 0 aromatic rings. The maximum Gasteiger partial charge on any atom is 0.187 e. The third kappa shape index (κ3) is 11.1. The molecule has 4 aliphatic carbocycles. The van der Waals surface area contributed by atoms with Gasteiger partial charge in [0.1, 0.15) is 110 Å². The number of rotatable bonds is 13. The molecular weight excluding hydrogens is 1090 g/mol. The van der Waals surface area contributed by atoms with Crippen molar-refractivity contribution in [3.63, 3.8) is 0 Å². The number of ether oxygens (including phenoxy) is 12. The number of aliphatic hydroxyl groups is 14. The first-order valence-electron chi connectivity index (χ1n) is 30.2. The standard InChI is InChI=1S/C56H92O26/c1-22-9-14-56(73-19-22)23(2)35-31(82-56)8-7-27-26-6-5-24-15-25(10-12-54(24,3)28(26)11-13-55(27,35)4)74-51-44(70)46(39(65)33(17-58)75-51)79-53-48(43(69)45(34(18-59)77-53)78-49-41(67)36(62)29(60)20-71-49)81-52-47(40(66)38(64)32(16-57)76-52)80-50-42(68)37(63)30(61)21-72-50/h22-53,57-70H,5-21H2,1-4H3. The first-order valence-corrected chi connectivity index (χ1v) is 30.2. The summed E-state index contributed by atoms with van der Waals surface area (Å²) in [5.41, 5.74) is 0.186. The van der Waals surface area contributed by atoms with Crippen LogP contribution >= 0.6 is 0 Å². The van der Waals surface area contributed by atoms with Gasteiger partial charge in [0.15, 0.2) is 37.2 Å². The fraction of sp³-hybridized carbons (Fsp3) is 1.00. The summed E-state index contributed by atoms with van der Waals surface area (Å²) in [6.07, 6.45) is -30.6. The molecule has 1 spiro atoms. The molecule has 11 fully saturated rings. The lowest BCUT2D eigenvalue weighted by Gasteiger charge is -2.64. The average Bonchev–Trinajstić information content (AvgIpc) is 2.18. The molecule has 0 radical (unpaired) electrons. The van der Waals surface area contributed by atoms with Crippen molar-refractivity contribution < 1.29 is 128 Å². The second-order valence-corrected chi connectivity index (χ2v) is 26.6. The Bertz CT molecular complexity index is 2110. The smallest absolute Gasteiger partial charge is 0.187 e. The molecule has 7 saturated heterocycles. The molecule has 35 unspecified atom stereocenters. The third-order valence-electron chi connectivity index (χ3n) is 22.0. The summed E-state index contributed by atoms with van der Waals surface area (Å²) in [7, 11) is 0. The summed E-state index contributed by atoms with van der Waals surface area (Å²) in [6.45, 7) is 6.68. The van der Waals surface area contributed by atoms with Crippen molar-refractivity contribution in [2.75, 3.05) is 39.6 Å². The van der Waals surface area contributed by atoms with Crippen molar-refractivity contribution >= 4 is 0 Å². The highest BCUT2D eigenvalue weighted by Crippen LogP contribution is 2.70. The van der Waals surface area contributed by atoms with Crippen LogP contribution in [-0.2, 0) is 56.8 Å². The number of fused-ring (bicyclic) bond motifs is 7. The highest BCUT2D eigenvalue weighted by Gasteiger charge is 2.67. The van der Waals surface area contributed by atoms with Gasteiger partial charge in [0, 0.05) is 12.3 Å². The van der Waals surface area contributed by atoms with Crippen LogP contribution in [0.3, 0.4) is 0 Å². The number of aliphatic hydroxyl groups excluding tert-OH is 14. The van der Waals surface area contributed by atoms with E-state index in [4.69, 9.17) is 56.8 Å². The molecule has 0 aromatic carbocycles. The summed E-state index contributed by atoms with van der Waals surface area (Å²) in [4.78, 5) is 0. The summed E-state index contributed by atoms with van der Waals surface area (Å²) < 4.78 is 73.7. The van der Waals surface area contributed by atoms with Crippen LogP contribution in [0.25, 0.3) is 0 Å². The molecule has 35 atom stereocenters. The zero-order valence-corrected chi connectivity index (χ0v) is 47.2. The highest BCUT2D eigenvalue weighted by atomic mass is 16.8. The predicted molar refractivity (Wildman–Crippen MR) is 273 cm³/mol. The van der Waals surface area contributed by atoms with E-state index in [0.717, 1.165) is 64.4 Å². The SMILES string of the molecule is CC1CCC2(OC1)OC1CCC3C4CCC5CC(OC6OC(CO)C(O)C(OC7OC(CO)C(OC8OCC(O)C(O)C8O)C(O)C7OC7OC(CO)C(O)C(O)C7OC7OCC(O)C(O)C7O)C6O)CCC5(C)C4CCC3(C)C1C2C. The van der Waals surface area contributed by atoms with E-state index in [0.29, 0.717) is 54.3 Å². The van der Waals surface area contributed by atoms with Crippen LogP contribution in [0.15, 0.2) is 0 Å². The van der Waals surface area contributed by atoms with Gasteiger partial charge in [-0.3, -0.25) is 0 Å². The summed E-state index contributed by atoms with van der Waals surface area (Å²) >= 11 is 0. The van der Waals surface area contributed by atoms with E-state index in [1.807, 2.05) is 0 Å². The van der Waals surface area contributed by atoms with Gasteiger partial charge in [0.2, 0.25) is 0 Å². The Morgan fingerprint density at radius 2 is 1.01 bits per heavy atom. The summed E-state index contributed by atoms with van der Waals surface area (Å²) in [6, 6.07) is 0. The molecule has 82 heavy (non-hydrogen) atoms. The van der Waals surface area contributed by atoms with E-state index in [1.54, 1.807) is 0 Å². The van der Waals surface area contributed by atoms with Gasteiger partial charge in [-0.05, 0) is 111 Å². The molecule has 7 heterocycles. The van der Waals surface area contributed by atoms with E-state index < -0.39 is 186 Å². The maximum atomic E-state index is 12.3. The molecule has 7 aliphatic heterocycles. The molecule has 11 rings (SSSR count). The fourth-order valence-electron chi connectivity index (χ4n) is 17.3. The Morgan fingerprint density at radius 3 is 1.65 bits per heavy atom. The van der Waals surface area contributed by atoms with Crippen LogP contribution in [0.5, 0.6) is 0 Å². The van der Waals surface area contributed by atoms with Crippen molar-refractivity contribution in [3.05, 3.63) is 0 Å². The van der Waals surface area contributed by atoms with Crippen LogP contribution in [0, 0.1) is 52.3 Å². The number of hydrogen-bond donors (Lipinski definition) is 14. The zero-order chi connectivity index (χ0) is 58.5. The topological polar surface area (TPSA) is 394 Å². The Kier molecular flexibility index (Phi) is 18.9. The van der Waals surface area contributed by atoms with Crippen LogP contribution in [0.1, 0.15) is 98.3 Å². The van der Waals surface area contributed by atoms with Crippen LogP contribution in [-0.4, -0.2) is 270 Å². The van der Waals surface area contributed by atoms with Gasteiger partial charge >= 0.3 is 0 Å².